The first kappa shape index (κ1) is 23.8. The third-order valence-electron chi connectivity index (χ3n) is 6.92. The van der Waals surface area contributed by atoms with E-state index in [1.54, 1.807) is 0 Å². The maximum absolute atomic E-state index is 13.6. The van der Waals surface area contributed by atoms with E-state index in [2.05, 4.69) is 29.2 Å². The molecular formula is C32H29N5O. The largest absolute Gasteiger partial charge is 0.335 e. The van der Waals surface area contributed by atoms with Crippen LogP contribution in [0.2, 0.25) is 0 Å². The third kappa shape index (κ3) is 5.12. The van der Waals surface area contributed by atoms with E-state index < -0.39 is 0 Å². The van der Waals surface area contributed by atoms with Gasteiger partial charge in [0, 0.05) is 49.9 Å². The lowest BCUT2D eigenvalue weighted by Crippen LogP contribution is -2.48. The van der Waals surface area contributed by atoms with Gasteiger partial charge in [-0.3, -0.25) is 9.69 Å². The molecule has 1 aliphatic rings. The number of nitrogens with zero attached hydrogens (tertiary/aromatic N) is 5. The van der Waals surface area contributed by atoms with Crippen LogP contribution in [0.5, 0.6) is 0 Å². The molecule has 6 nitrogen and oxygen atoms in total. The average molecular weight is 500 g/mol. The zero-order valence-corrected chi connectivity index (χ0v) is 21.1. The molecule has 0 unspecified atom stereocenters. The van der Waals surface area contributed by atoms with Crippen LogP contribution in [0, 0.1) is 0 Å². The van der Waals surface area contributed by atoms with Gasteiger partial charge >= 0.3 is 0 Å². The number of carbonyl (C=O) groups is 1. The Labute approximate surface area is 222 Å². The standard InChI is InChI=1S/C32H29N5O/c38-32(36-21-19-35(20-22-36)18-10-13-25-11-4-1-5-12-25)29-23-30(27-16-8-3-9-17-27)37-31(33-29)24-28(34-37)26-14-6-2-7-15-26/h1-17,23-24H,18-22H2/b13-10+. The van der Waals surface area contributed by atoms with Gasteiger partial charge < -0.3 is 4.90 Å². The van der Waals surface area contributed by atoms with Crippen molar-refractivity contribution >= 4 is 17.6 Å². The van der Waals surface area contributed by atoms with Crippen molar-refractivity contribution in [2.24, 2.45) is 0 Å². The molecule has 3 aromatic carbocycles. The van der Waals surface area contributed by atoms with Gasteiger partial charge in [0.05, 0.1) is 11.4 Å². The molecule has 6 heteroatoms. The first-order valence-electron chi connectivity index (χ1n) is 13.0. The molecule has 0 saturated carbocycles. The van der Waals surface area contributed by atoms with Crippen molar-refractivity contribution in [3.63, 3.8) is 0 Å². The molecule has 0 spiro atoms. The molecule has 0 aliphatic carbocycles. The lowest BCUT2D eigenvalue weighted by molar-refractivity contribution is 0.0644. The Morgan fingerprint density at radius 2 is 1.39 bits per heavy atom. The van der Waals surface area contributed by atoms with E-state index in [-0.39, 0.29) is 5.91 Å². The summed E-state index contributed by atoms with van der Waals surface area (Å²) in [5.41, 5.74) is 6.01. The molecule has 1 amide bonds. The quantitative estimate of drug-likeness (QED) is 0.308. The van der Waals surface area contributed by atoms with Gasteiger partial charge in [-0.15, -0.1) is 0 Å². The van der Waals surface area contributed by atoms with Crippen LogP contribution in [0.1, 0.15) is 16.1 Å². The molecule has 6 rings (SSSR count). The fourth-order valence-electron chi connectivity index (χ4n) is 4.85. The summed E-state index contributed by atoms with van der Waals surface area (Å²) < 4.78 is 1.84. The summed E-state index contributed by atoms with van der Waals surface area (Å²) in [7, 11) is 0. The summed E-state index contributed by atoms with van der Waals surface area (Å²) >= 11 is 0. The Kier molecular flexibility index (Phi) is 6.79. The fourth-order valence-corrected chi connectivity index (χ4v) is 4.85. The lowest BCUT2D eigenvalue weighted by Gasteiger charge is -2.34. The summed E-state index contributed by atoms with van der Waals surface area (Å²) in [4.78, 5) is 22.7. The second-order valence-corrected chi connectivity index (χ2v) is 9.46. The van der Waals surface area contributed by atoms with E-state index in [0.717, 1.165) is 42.1 Å². The van der Waals surface area contributed by atoms with Crippen LogP contribution < -0.4 is 0 Å². The van der Waals surface area contributed by atoms with Crippen LogP contribution in [0.25, 0.3) is 34.2 Å². The van der Waals surface area contributed by atoms with Crippen LogP contribution in [-0.2, 0) is 0 Å². The first-order chi connectivity index (χ1) is 18.7. The van der Waals surface area contributed by atoms with E-state index in [0.29, 0.717) is 24.4 Å². The Hall–Kier alpha value is -4.55. The lowest BCUT2D eigenvalue weighted by atomic mass is 10.1. The van der Waals surface area contributed by atoms with Crippen molar-refractivity contribution in [3.05, 3.63) is 120 Å². The molecule has 5 aromatic rings. The number of benzene rings is 3. The van der Waals surface area contributed by atoms with Gasteiger partial charge in [0.2, 0.25) is 0 Å². The Morgan fingerprint density at radius 3 is 2.08 bits per heavy atom. The van der Waals surface area contributed by atoms with Crippen molar-refractivity contribution in [1.29, 1.82) is 0 Å². The minimum absolute atomic E-state index is 0.0355. The van der Waals surface area contributed by atoms with Gasteiger partial charge in [0.15, 0.2) is 5.65 Å². The Balaban J connectivity index is 1.22. The topological polar surface area (TPSA) is 53.7 Å². The zero-order valence-electron chi connectivity index (χ0n) is 21.1. The van der Waals surface area contributed by atoms with Gasteiger partial charge in [0.1, 0.15) is 5.69 Å². The van der Waals surface area contributed by atoms with Crippen molar-refractivity contribution in [1.82, 2.24) is 24.4 Å². The normalized spacial score (nSPS) is 14.4. The predicted molar refractivity (Wildman–Crippen MR) is 152 cm³/mol. The number of hydrogen-bond acceptors (Lipinski definition) is 4. The first-order valence-corrected chi connectivity index (χ1v) is 13.0. The molecule has 0 radical (unpaired) electrons. The number of amides is 1. The summed E-state index contributed by atoms with van der Waals surface area (Å²) in [6.45, 7) is 3.91. The van der Waals surface area contributed by atoms with E-state index in [1.807, 2.05) is 100 Å². The second-order valence-electron chi connectivity index (χ2n) is 9.46. The molecule has 0 bridgehead atoms. The molecule has 3 heterocycles. The van der Waals surface area contributed by atoms with Crippen molar-refractivity contribution in [3.8, 4) is 22.5 Å². The summed E-state index contributed by atoms with van der Waals surface area (Å²) in [6, 6.07) is 34.3. The molecule has 38 heavy (non-hydrogen) atoms. The number of rotatable bonds is 6. The molecular weight excluding hydrogens is 470 g/mol. The van der Waals surface area contributed by atoms with Gasteiger partial charge in [-0.2, -0.15) is 5.10 Å². The molecule has 0 N–H and O–H groups in total. The molecule has 1 aliphatic heterocycles. The van der Waals surface area contributed by atoms with Crippen LogP contribution in [0.15, 0.2) is 109 Å². The Morgan fingerprint density at radius 1 is 0.763 bits per heavy atom. The maximum Gasteiger partial charge on any atom is 0.272 e. The fraction of sp³-hybridized carbons (Fsp3) is 0.156. The molecule has 1 saturated heterocycles. The van der Waals surface area contributed by atoms with Crippen molar-refractivity contribution in [2.45, 2.75) is 0 Å². The van der Waals surface area contributed by atoms with Gasteiger partial charge in [-0.05, 0) is 11.6 Å². The number of aromatic nitrogens is 3. The van der Waals surface area contributed by atoms with Gasteiger partial charge in [0.25, 0.3) is 5.91 Å². The zero-order chi connectivity index (χ0) is 25.7. The highest BCUT2D eigenvalue weighted by atomic mass is 16.2. The van der Waals surface area contributed by atoms with Crippen LogP contribution in [-0.4, -0.2) is 63.0 Å². The summed E-state index contributed by atoms with van der Waals surface area (Å²) in [5, 5.41) is 4.85. The van der Waals surface area contributed by atoms with Gasteiger partial charge in [-0.1, -0.05) is 103 Å². The monoisotopic (exact) mass is 499 g/mol. The van der Waals surface area contributed by atoms with Crippen LogP contribution >= 0.6 is 0 Å². The molecule has 188 valence electrons. The van der Waals surface area contributed by atoms with Crippen LogP contribution in [0.3, 0.4) is 0 Å². The average Bonchev–Trinajstić information content (AvgIpc) is 3.43. The predicted octanol–water partition coefficient (Wildman–Crippen LogP) is 5.53. The van der Waals surface area contributed by atoms with E-state index >= 15 is 0 Å². The highest BCUT2D eigenvalue weighted by Gasteiger charge is 2.24. The minimum atomic E-state index is -0.0355. The molecule has 0 atom stereocenters. The van der Waals surface area contributed by atoms with Crippen molar-refractivity contribution < 1.29 is 4.79 Å². The number of fused-ring (bicyclic) bond motifs is 1. The number of piperazine rings is 1. The van der Waals surface area contributed by atoms with Crippen LogP contribution in [0.4, 0.5) is 0 Å². The third-order valence-corrected chi connectivity index (χ3v) is 6.92. The van der Waals surface area contributed by atoms with Crippen molar-refractivity contribution in [2.75, 3.05) is 32.7 Å². The van der Waals surface area contributed by atoms with E-state index in [4.69, 9.17) is 10.1 Å². The summed E-state index contributed by atoms with van der Waals surface area (Å²) in [6.07, 6.45) is 4.34. The summed E-state index contributed by atoms with van der Waals surface area (Å²) in [5.74, 6) is -0.0355. The van der Waals surface area contributed by atoms with E-state index in [1.165, 1.54) is 5.56 Å². The molecule has 1 fully saturated rings. The highest BCUT2D eigenvalue weighted by molar-refractivity contribution is 5.94. The Bertz CT molecular complexity index is 1550. The second kappa shape index (κ2) is 10.8. The SMILES string of the molecule is O=C(c1cc(-c2ccccc2)n2nc(-c3ccccc3)cc2n1)N1CCN(C/C=C/c2ccccc2)CC1. The number of carbonyl (C=O) groups excluding carboxylic acids is 1. The maximum atomic E-state index is 13.6. The van der Waals surface area contributed by atoms with Gasteiger partial charge in [-0.25, -0.2) is 9.50 Å². The van der Waals surface area contributed by atoms with E-state index in [9.17, 15) is 4.79 Å². The molecule has 2 aromatic heterocycles. The smallest absolute Gasteiger partial charge is 0.272 e. The minimum Gasteiger partial charge on any atom is -0.335 e. The number of hydrogen-bond donors (Lipinski definition) is 0. The highest BCUT2D eigenvalue weighted by Crippen LogP contribution is 2.26.